The van der Waals surface area contributed by atoms with Crippen molar-refractivity contribution >= 4 is 23.2 Å². The summed E-state index contributed by atoms with van der Waals surface area (Å²) in [6.07, 6.45) is 2.12. The molecule has 0 aliphatic carbocycles. The summed E-state index contributed by atoms with van der Waals surface area (Å²) in [5.74, 6) is -2.19. The summed E-state index contributed by atoms with van der Waals surface area (Å²) in [7, 11) is 0. The molecule has 3 N–H and O–H groups in total. The highest BCUT2D eigenvalue weighted by atomic mass is 35.5. The third-order valence-electron chi connectivity index (χ3n) is 4.65. The van der Waals surface area contributed by atoms with Crippen molar-refractivity contribution in [2.24, 2.45) is 11.1 Å². The molecule has 27 heavy (non-hydrogen) atoms. The van der Waals surface area contributed by atoms with Gasteiger partial charge in [0, 0.05) is 25.8 Å². The molecule has 10 heteroatoms. The van der Waals surface area contributed by atoms with Gasteiger partial charge in [-0.2, -0.15) is 9.78 Å². The molecule has 0 saturated carbocycles. The third kappa shape index (κ3) is 3.79. The molecule has 0 spiro atoms. The van der Waals surface area contributed by atoms with E-state index in [1.165, 1.54) is 6.20 Å². The Hall–Kier alpha value is -2.52. The molecule has 3 rings (SSSR count). The fourth-order valence-corrected chi connectivity index (χ4v) is 3.11. The maximum Gasteiger partial charge on any atom is 0.292 e. The van der Waals surface area contributed by atoms with Crippen LogP contribution in [0.5, 0.6) is 0 Å². The quantitative estimate of drug-likeness (QED) is 0.800. The van der Waals surface area contributed by atoms with Crippen molar-refractivity contribution in [1.29, 1.82) is 0 Å². The largest absolute Gasteiger partial charge is 0.381 e. The van der Waals surface area contributed by atoms with Crippen LogP contribution in [0.15, 0.2) is 29.2 Å². The van der Waals surface area contributed by atoms with Gasteiger partial charge >= 0.3 is 0 Å². The van der Waals surface area contributed by atoms with Crippen LogP contribution in [0.4, 0.5) is 14.5 Å². The number of nitrogens with one attached hydrogen (secondary N) is 1. The fraction of sp³-hybridized carbons (Fsp3) is 0.353. The van der Waals surface area contributed by atoms with Gasteiger partial charge in [0.05, 0.1) is 17.3 Å². The maximum absolute atomic E-state index is 13.9. The number of benzene rings is 1. The number of nitrogens with two attached hydrogens (primary N) is 1. The second-order valence-electron chi connectivity index (χ2n) is 6.30. The van der Waals surface area contributed by atoms with Gasteiger partial charge in [0.1, 0.15) is 16.5 Å². The van der Waals surface area contributed by atoms with Crippen molar-refractivity contribution < 1.29 is 18.3 Å². The van der Waals surface area contributed by atoms with Crippen LogP contribution in [0.25, 0.3) is 5.69 Å². The van der Waals surface area contributed by atoms with E-state index >= 15 is 0 Å². The summed E-state index contributed by atoms with van der Waals surface area (Å²) < 4.78 is 33.0. The minimum absolute atomic E-state index is 0.154. The predicted molar refractivity (Wildman–Crippen MR) is 94.9 cm³/mol. The van der Waals surface area contributed by atoms with Gasteiger partial charge in [-0.25, -0.2) is 8.78 Å². The lowest BCUT2D eigenvalue weighted by Gasteiger charge is -2.34. The smallest absolute Gasteiger partial charge is 0.292 e. The maximum atomic E-state index is 13.9. The number of hydrogen-bond donors (Lipinski definition) is 2. The number of amides is 1. The number of aromatic nitrogens is 2. The van der Waals surface area contributed by atoms with Gasteiger partial charge < -0.3 is 15.8 Å². The molecule has 0 unspecified atom stereocenters. The molecule has 7 nitrogen and oxygen atoms in total. The van der Waals surface area contributed by atoms with Crippen LogP contribution in [0.2, 0.25) is 5.02 Å². The zero-order valence-corrected chi connectivity index (χ0v) is 14.9. The lowest BCUT2D eigenvalue weighted by molar-refractivity contribution is -0.132. The molecule has 1 fully saturated rings. The first kappa shape index (κ1) is 19.2. The molecular weight excluding hydrogens is 382 g/mol. The Morgan fingerprint density at radius 1 is 1.37 bits per heavy atom. The van der Waals surface area contributed by atoms with Crippen molar-refractivity contribution in [1.82, 2.24) is 9.78 Å². The summed E-state index contributed by atoms with van der Waals surface area (Å²) in [6, 6.07) is 2.74. The minimum atomic E-state index is -0.948. The lowest BCUT2D eigenvalue weighted by Crippen LogP contribution is -2.46. The molecule has 2 aromatic rings. The first-order valence-electron chi connectivity index (χ1n) is 8.19. The zero-order valence-electron chi connectivity index (χ0n) is 14.2. The number of carbonyl (C=O) groups excluding carboxylic acids is 1. The summed E-state index contributed by atoms with van der Waals surface area (Å²) >= 11 is 6.10. The fourth-order valence-electron chi connectivity index (χ4n) is 2.92. The Morgan fingerprint density at radius 3 is 2.70 bits per heavy atom. The van der Waals surface area contributed by atoms with Crippen molar-refractivity contribution in [2.45, 2.75) is 12.8 Å². The van der Waals surface area contributed by atoms with Crippen LogP contribution in [0.3, 0.4) is 0 Å². The average molecular weight is 399 g/mol. The van der Waals surface area contributed by atoms with E-state index in [0.29, 0.717) is 32.1 Å². The van der Waals surface area contributed by atoms with Crippen LogP contribution >= 0.6 is 11.6 Å². The molecule has 1 aliphatic heterocycles. The number of nitrogens with zero attached hydrogens (tertiary/aromatic N) is 2. The van der Waals surface area contributed by atoms with E-state index in [-0.39, 0.29) is 22.9 Å². The van der Waals surface area contributed by atoms with Gasteiger partial charge in [-0.15, -0.1) is 0 Å². The normalized spacial score (nSPS) is 16.1. The van der Waals surface area contributed by atoms with Crippen LogP contribution in [0, 0.1) is 17.0 Å². The first-order valence-corrected chi connectivity index (χ1v) is 8.57. The summed E-state index contributed by atoms with van der Waals surface area (Å²) in [5.41, 5.74) is 3.90. The van der Waals surface area contributed by atoms with E-state index in [0.717, 1.165) is 16.8 Å². The van der Waals surface area contributed by atoms with Crippen LogP contribution in [-0.4, -0.2) is 35.4 Å². The van der Waals surface area contributed by atoms with Gasteiger partial charge in [-0.1, -0.05) is 11.6 Å². The number of halogens is 3. The Bertz CT molecular complexity index is 929. The van der Waals surface area contributed by atoms with E-state index in [9.17, 15) is 18.4 Å². The minimum Gasteiger partial charge on any atom is -0.381 e. The SMILES string of the molecule is NC(=O)C1(CNc2cnn(-c3ccc(F)cc3F)c(=O)c2Cl)CCOCC1. The topological polar surface area (TPSA) is 99.2 Å². The van der Waals surface area contributed by atoms with E-state index in [1.54, 1.807) is 0 Å². The second-order valence-corrected chi connectivity index (χ2v) is 6.67. The highest BCUT2D eigenvalue weighted by molar-refractivity contribution is 6.32. The number of carbonyl (C=O) groups is 1. The number of primary amides is 1. The average Bonchev–Trinajstić information content (AvgIpc) is 2.64. The molecule has 0 atom stereocenters. The van der Waals surface area contributed by atoms with Crippen molar-refractivity contribution in [2.75, 3.05) is 25.1 Å². The molecule has 0 bridgehead atoms. The molecule has 1 amide bonds. The van der Waals surface area contributed by atoms with Gasteiger partial charge in [0.15, 0.2) is 5.82 Å². The van der Waals surface area contributed by atoms with E-state index in [1.807, 2.05) is 0 Å². The number of hydrogen-bond acceptors (Lipinski definition) is 5. The van der Waals surface area contributed by atoms with Crippen molar-refractivity contribution in [3.8, 4) is 5.69 Å². The van der Waals surface area contributed by atoms with Gasteiger partial charge in [-0.05, 0) is 25.0 Å². The molecule has 1 aromatic carbocycles. The molecule has 0 radical (unpaired) electrons. The number of ether oxygens (including phenoxy) is 1. The van der Waals surface area contributed by atoms with Gasteiger partial charge in [0.2, 0.25) is 5.91 Å². The first-order chi connectivity index (χ1) is 12.8. The number of rotatable bonds is 5. The Balaban J connectivity index is 1.87. The Morgan fingerprint density at radius 2 is 2.07 bits per heavy atom. The molecular formula is C17H17ClF2N4O3. The third-order valence-corrected chi connectivity index (χ3v) is 5.01. The zero-order chi connectivity index (χ0) is 19.6. The highest BCUT2D eigenvalue weighted by Crippen LogP contribution is 2.31. The summed E-state index contributed by atoms with van der Waals surface area (Å²) in [4.78, 5) is 24.3. The lowest BCUT2D eigenvalue weighted by atomic mass is 9.79. The number of anilines is 1. The summed E-state index contributed by atoms with van der Waals surface area (Å²) in [6.45, 7) is 0.964. The van der Waals surface area contributed by atoms with Crippen LogP contribution < -0.4 is 16.6 Å². The van der Waals surface area contributed by atoms with Gasteiger partial charge in [-0.3, -0.25) is 9.59 Å². The van der Waals surface area contributed by atoms with Crippen LogP contribution in [0.1, 0.15) is 12.8 Å². The Labute approximate surface area is 158 Å². The van der Waals surface area contributed by atoms with Crippen molar-refractivity contribution in [3.63, 3.8) is 0 Å². The van der Waals surface area contributed by atoms with E-state index < -0.39 is 28.5 Å². The molecule has 1 aromatic heterocycles. The molecule has 1 aliphatic rings. The highest BCUT2D eigenvalue weighted by Gasteiger charge is 2.38. The standard InChI is InChI=1S/C17H17ClF2N4O3/c18-14-12(22-9-17(16(21)26)3-5-27-6-4-17)8-23-24(15(14)25)13-2-1-10(19)7-11(13)20/h1-2,7-8,22H,3-6,9H2,(H2,21,26). The monoisotopic (exact) mass is 398 g/mol. The predicted octanol–water partition coefficient (Wildman–Crippen LogP) is 1.86. The molecule has 144 valence electrons. The molecule has 2 heterocycles. The van der Waals surface area contributed by atoms with Crippen LogP contribution in [-0.2, 0) is 9.53 Å². The Kier molecular flexibility index (Phi) is 5.43. The summed E-state index contributed by atoms with van der Waals surface area (Å²) in [5, 5.41) is 6.58. The van der Waals surface area contributed by atoms with E-state index in [2.05, 4.69) is 10.4 Å². The van der Waals surface area contributed by atoms with Gasteiger partial charge in [0.25, 0.3) is 5.56 Å². The van der Waals surface area contributed by atoms with E-state index in [4.69, 9.17) is 22.1 Å². The van der Waals surface area contributed by atoms with Crippen molar-refractivity contribution in [3.05, 3.63) is 51.4 Å². The molecule has 1 saturated heterocycles. The second kappa shape index (κ2) is 7.61.